The van der Waals surface area contributed by atoms with E-state index in [1.165, 1.54) is 0 Å². The molecule has 0 amide bonds. The van der Waals surface area contributed by atoms with Crippen molar-refractivity contribution in [3.63, 3.8) is 0 Å². The van der Waals surface area contributed by atoms with Crippen LogP contribution in [0, 0.1) is 13.8 Å². The minimum Gasteiger partial charge on any atom is -0.381 e. The van der Waals surface area contributed by atoms with Crippen molar-refractivity contribution in [2.24, 2.45) is 0 Å². The van der Waals surface area contributed by atoms with Crippen molar-refractivity contribution < 1.29 is 4.21 Å². The van der Waals surface area contributed by atoms with Crippen molar-refractivity contribution in [1.82, 2.24) is 19.4 Å². The van der Waals surface area contributed by atoms with Crippen LogP contribution in [0.5, 0.6) is 0 Å². The molecule has 3 heterocycles. The summed E-state index contributed by atoms with van der Waals surface area (Å²) in [6.07, 6.45) is 8.93. The predicted molar refractivity (Wildman–Crippen MR) is 108 cm³/mol. The van der Waals surface area contributed by atoms with Gasteiger partial charge < -0.3 is 5.73 Å². The highest BCUT2D eigenvalue weighted by Gasteiger charge is 2.15. The number of rotatable bonds is 3. The molecule has 2 N–H and O–H groups in total. The first-order valence-corrected chi connectivity index (χ1v) is 10.0. The van der Waals surface area contributed by atoms with E-state index in [-0.39, 0.29) is 0 Å². The molecule has 0 bridgehead atoms. The van der Waals surface area contributed by atoms with E-state index in [1.807, 2.05) is 48.7 Å². The summed E-state index contributed by atoms with van der Waals surface area (Å²) in [4.78, 5) is 13.9. The Labute approximate surface area is 159 Å². The van der Waals surface area contributed by atoms with Crippen LogP contribution in [0.2, 0.25) is 0 Å². The fourth-order valence-corrected chi connectivity index (χ4v) is 3.70. The lowest BCUT2D eigenvalue weighted by atomic mass is 10.1. The van der Waals surface area contributed by atoms with Gasteiger partial charge in [0.25, 0.3) is 0 Å². The van der Waals surface area contributed by atoms with Crippen molar-refractivity contribution in [1.29, 1.82) is 0 Å². The fourth-order valence-electron chi connectivity index (χ4n) is 3.16. The molecule has 1 aromatic carbocycles. The Morgan fingerprint density at radius 3 is 2.63 bits per heavy atom. The van der Waals surface area contributed by atoms with Gasteiger partial charge in [-0.15, -0.1) is 0 Å². The summed E-state index contributed by atoms with van der Waals surface area (Å²) in [5.74, 6) is 0.364. The highest BCUT2D eigenvalue weighted by atomic mass is 32.2. The summed E-state index contributed by atoms with van der Waals surface area (Å²) in [5, 5.41) is 0. The van der Waals surface area contributed by atoms with Crippen LogP contribution in [0.1, 0.15) is 11.1 Å². The molecular formula is C20H19N5OS. The summed E-state index contributed by atoms with van der Waals surface area (Å²) < 4.78 is 13.9. The summed E-state index contributed by atoms with van der Waals surface area (Å²) in [6, 6.07) is 7.73. The van der Waals surface area contributed by atoms with Gasteiger partial charge >= 0.3 is 0 Å². The van der Waals surface area contributed by atoms with Crippen LogP contribution in [0.4, 0.5) is 5.82 Å². The molecule has 0 saturated carbocycles. The largest absolute Gasteiger partial charge is 0.381 e. The molecule has 0 saturated heterocycles. The molecule has 1 atom stereocenters. The van der Waals surface area contributed by atoms with E-state index in [0.29, 0.717) is 11.5 Å². The first-order valence-electron chi connectivity index (χ1n) is 8.44. The van der Waals surface area contributed by atoms with Gasteiger partial charge in [-0.3, -0.25) is 13.6 Å². The molecule has 0 aliphatic carbocycles. The molecule has 1 unspecified atom stereocenters. The monoisotopic (exact) mass is 377 g/mol. The van der Waals surface area contributed by atoms with Crippen LogP contribution in [0.25, 0.3) is 28.2 Å². The van der Waals surface area contributed by atoms with Gasteiger partial charge in [0.2, 0.25) is 0 Å². The Morgan fingerprint density at radius 2 is 1.89 bits per heavy atom. The number of hydrogen-bond acceptors (Lipinski definition) is 5. The molecule has 0 fully saturated rings. The number of aromatic nitrogens is 4. The van der Waals surface area contributed by atoms with Gasteiger partial charge in [-0.05, 0) is 43.2 Å². The maximum atomic E-state index is 11.9. The van der Waals surface area contributed by atoms with E-state index in [2.05, 4.69) is 15.0 Å². The lowest BCUT2D eigenvalue weighted by molar-refractivity contribution is 0.687. The molecule has 0 aliphatic heterocycles. The summed E-state index contributed by atoms with van der Waals surface area (Å²) in [6.45, 7) is 4.01. The Balaban J connectivity index is 1.98. The minimum atomic E-state index is -1.06. The summed E-state index contributed by atoms with van der Waals surface area (Å²) in [7, 11) is -1.06. The molecule has 6 nitrogen and oxygen atoms in total. The number of imidazole rings is 1. The van der Waals surface area contributed by atoms with Gasteiger partial charge in [0.05, 0.1) is 17.6 Å². The molecule has 4 aromatic rings. The van der Waals surface area contributed by atoms with Gasteiger partial charge in [0, 0.05) is 51.7 Å². The Hall–Kier alpha value is -3.06. The molecule has 7 heteroatoms. The molecule has 3 aromatic heterocycles. The highest BCUT2D eigenvalue weighted by molar-refractivity contribution is 7.84. The second-order valence-electron chi connectivity index (χ2n) is 6.47. The fraction of sp³-hybridized carbons (Fsp3) is 0.150. The average Bonchev–Trinajstić information content (AvgIpc) is 3.06. The van der Waals surface area contributed by atoms with E-state index in [0.717, 1.165) is 38.5 Å². The van der Waals surface area contributed by atoms with Crippen molar-refractivity contribution in [2.75, 3.05) is 12.0 Å². The number of nitrogen functional groups attached to an aromatic ring is 1. The highest BCUT2D eigenvalue weighted by Crippen LogP contribution is 2.30. The number of pyridine rings is 1. The summed E-state index contributed by atoms with van der Waals surface area (Å²) >= 11 is 0. The quantitative estimate of drug-likeness (QED) is 0.591. The van der Waals surface area contributed by atoms with E-state index >= 15 is 0 Å². The first kappa shape index (κ1) is 17.4. The molecule has 27 heavy (non-hydrogen) atoms. The SMILES string of the molecule is Cc1cnccc1-c1cn2c(-c3cc(S(C)=O)ccc3C)cnc2c(N)n1. The van der Waals surface area contributed by atoms with Crippen LogP contribution >= 0.6 is 0 Å². The van der Waals surface area contributed by atoms with Crippen LogP contribution in [0.15, 0.2) is 53.9 Å². The third-order valence-corrected chi connectivity index (χ3v) is 5.55. The third kappa shape index (κ3) is 3.00. The number of fused-ring (bicyclic) bond motifs is 1. The van der Waals surface area contributed by atoms with Gasteiger partial charge in [-0.2, -0.15) is 0 Å². The smallest absolute Gasteiger partial charge is 0.180 e. The molecular weight excluding hydrogens is 358 g/mol. The number of aryl methyl sites for hydroxylation is 2. The van der Waals surface area contributed by atoms with Crippen molar-refractivity contribution in [2.45, 2.75) is 18.7 Å². The van der Waals surface area contributed by atoms with Crippen LogP contribution in [-0.2, 0) is 10.8 Å². The number of hydrogen-bond donors (Lipinski definition) is 1. The molecule has 0 spiro atoms. The van der Waals surface area contributed by atoms with Crippen LogP contribution < -0.4 is 5.73 Å². The second-order valence-corrected chi connectivity index (χ2v) is 7.85. The van der Waals surface area contributed by atoms with Gasteiger partial charge in [-0.25, -0.2) is 9.97 Å². The number of nitrogens with two attached hydrogens (primary N) is 1. The van der Waals surface area contributed by atoms with E-state index in [1.54, 1.807) is 24.8 Å². The maximum Gasteiger partial charge on any atom is 0.180 e. The lowest BCUT2D eigenvalue weighted by Gasteiger charge is -2.11. The molecule has 4 rings (SSSR count). The molecule has 0 aliphatic rings. The van der Waals surface area contributed by atoms with Crippen molar-refractivity contribution in [3.05, 3.63) is 60.2 Å². The van der Waals surface area contributed by atoms with Crippen LogP contribution in [-0.4, -0.2) is 29.8 Å². The Bertz CT molecular complexity index is 1200. The van der Waals surface area contributed by atoms with Crippen LogP contribution in [0.3, 0.4) is 0 Å². The number of anilines is 1. The van der Waals surface area contributed by atoms with Crippen molar-refractivity contribution in [3.8, 4) is 22.5 Å². The zero-order chi connectivity index (χ0) is 19.1. The van der Waals surface area contributed by atoms with E-state index < -0.39 is 10.8 Å². The zero-order valence-electron chi connectivity index (χ0n) is 15.3. The average molecular weight is 377 g/mol. The van der Waals surface area contributed by atoms with Crippen molar-refractivity contribution >= 4 is 22.3 Å². The second kappa shape index (κ2) is 6.59. The third-order valence-electron chi connectivity index (χ3n) is 4.63. The lowest BCUT2D eigenvalue weighted by Crippen LogP contribution is -2.01. The zero-order valence-corrected chi connectivity index (χ0v) is 16.1. The van der Waals surface area contributed by atoms with E-state index in [4.69, 9.17) is 5.73 Å². The topological polar surface area (TPSA) is 86.2 Å². The minimum absolute atomic E-state index is 0.364. The standard InChI is InChI=1S/C20H19N5OS/c1-12-4-5-14(27(3)26)8-16(12)18-10-23-20-19(21)24-17(11-25(18)20)15-6-7-22-9-13(15)2/h4-11H,1-3H3,(H2,21,24). The summed E-state index contributed by atoms with van der Waals surface area (Å²) in [5.41, 5.74) is 12.5. The maximum absolute atomic E-state index is 11.9. The Morgan fingerprint density at radius 1 is 1.07 bits per heavy atom. The number of benzene rings is 1. The predicted octanol–water partition coefficient (Wildman–Crippen LogP) is 3.39. The normalized spacial score (nSPS) is 12.4. The van der Waals surface area contributed by atoms with Gasteiger partial charge in [0.15, 0.2) is 11.5 Å². The van der Waals surface area contributed by atoms with E-state index in [9.17, 15) is 4.21 Å². The number of nitrogens with zero attached hydrogens (tertiary/aromatic N) is 4. The molecule has 136 valence electrons. The Kier molecular flexibility index (Phi) is 4.24. The molecule has 0 radical (unpaired) electrons. The van der Waals surface area contributed by atoms with Gasteiger partial charge in [0.1, 0.15) is 0 Å². The first-order chi connectivity index (χ1) is 13.0. The van der Waals surface area contributed by atoms with Gasteiger partial charge in [-0.1, -0.05) is 6.07 Å².